The summed E-state index contributed by atoms with van der Waals surface area (Å²) < 4.78 is 0. The van der Waals surface area contributed by atoms with Crippen molar-refractivity contribution in [2.24, 2.45) is 0 Å². The predicted octanol–water partition coefficient (Wildman–Crippen LogP) is 6.14. The molecule has 0 aliphatic rings. The SMILES string of the molecule is CCCC.Cc1ccccc1.N.N.N.N.c1ccccc1. The van der Waals surface area contributed by atoms with E-state index in [4.69, 9.17) is 0 Å². The van der Waals surface area contributed by atoms with E-state index < -0.39 is 0 Å². The molecule has 124 valence electrons. The van der Waals surface area contributed by atoms with Crippen molar-refractivity contribution in [1.29, 1.82) is 0 Å². The Morgan fingerprint density at radius 1 is 0.524 bits per heavy atom. The lowest BCUT2D eigenvalue weighted by Crippen LogP contribution is -1.62. The molecule has 0 radical (unpaired) electrons. The highest BCUT2D eigenvalue weighted by atomic mass is 14.0. The first-order valence-corrected chi connectivity index (χ1v) is 6.32. The Hall–Kier alpha value is -1.72. The molecule has 21 heavy (non-hydrogen) atoms. The molecular formula is C17H36N4. The minimum Gasteiger partial charge on any atom is -0.344 e. The van der Waals surface area contributed by atoms with E-state index in [1.165, 1.54) is 18.4 Å². The van der Waals surface area contributed by atoms with Crippen LogP contribution in [0.15, 0.2) is 66.7 Å². The van der Waals surface area contributed by atoms with Gasteiger partial charge in [-0.3, -0.25) is 0 Å². The van der Waals surface area contributed by atoms with Crippen LogP contribution in [0, 0.1) is 6.92 Å². The fraction of sp³-hybridized carbons (Fsp3) is 0.294. The Morgan fingerprint density at radius 3 is 0.905 bits per heavy atom. The van der Waals surface area contributed by atoms with Gasteiger partial charge in [0.05, 0.1) is 0 Å². The molecule has 2 aromatic rings. The van der Waals surface area contributed by atoms with Crippen LogP contribution in [0.2, 0.25) is 0 Å². The summed E-state index contributed by atoms with van der Waals surface area (Å²) in [5, 5.41) is 0. The van der Waals surface area contributed by atoms with Gasteiger partial charge in [0, 0.05) is 0 Å². The second-order valence-corrected chi connectivity index (χ2v) is 3.81. The van der Waals surface area contributed by atoms with Crippen molar-refractivity contribution in [3.05, 3.63) is 72.3 Å². The molecule has 0 saturated carbocycles. The van der Waals surface area contributed by atoms with Gasteiger partial charge in [-0.05, 0) is 6.92 Å². The summed E-state index contributed by atoms with van der Waals surface area (Å²) >= 11 is 0. The maximum atomic E-state index is 2.18. The van der Waals surface area contributed by atoms with Gasteiger partial charge in [0.25, 0.3) is 0 Å². The van der Waals surface area contributed by atoms with E-state index in [2.05, 4.69) is 32.9 Å². The fourth-order valence-electron chi connectivity index (χ4n) is 0.919. The number of hydrogen-bond acceptors (Lipinski definition) is 4. The molecule has 0 aliphatic carbocycles. The molecule has 0 amide bonds. The molecule has 2 rings (SSSR count). The van der Waals surface area contributed by atoms with Crippen molar-refractivity contribution in [2.45, 2.75) is 33.6 Å². The largest absolute Gasteiger partial charge is 0.344 e. The minimum absolute atomic E-state index is 0. The van der Waals surface area contributed by atoms with Crippen LogP contribution < -0.4 is 24.6 Å². The molecule has 0 unspecified atom stereocenters. The van der Waals surface area contributed by atoms with Gasteiger partial charge in [0.2, 0.25) is 0 Å². The molecule has 0 bridgehead atoms. The first-order valence-electron chi connectivity index (χ1n) is 6.32. The molecule has 0 fully saturated rings. The third-order valence-corrected chi connectivity index (χ3v) is 2.11. The summed E-state index contributed by atoms with van der Waals surface area (Å²) in [6, 6.07) is 22.3. The van der Waals surface area contributed by atoms with Crippen LogP contribution >= 0.6 is 0 Å². The van der Waals surface area contributed by atoms with Gasteiger partial charge in [-0.15, -0.1) is 0 Å². The minimum atomic E-state index is 0. The maximum Gasteiger partial charge on any atom is -0.0398 e. The van der Waals surface area contributed by atoms with Crippen LogP contribution in [-0.4, -0.2) is 0 Å². The predicted molar refractivity (Wildman–Crippen MR) is 98.3 cm³/mol. The molecule has 4 heteroatoms. The molecule has 0 spiro atoms. The first-order chi connectivity index (χ1) is 8.31. The van der Waals surface area contributed by atoms with E-state index >= 15 is 0 Å². The van der Waals surface area contributed by atoms with E-state index in [9.17, 15) is 0 Å². The number of aryl methyl sites for hydroxylation is 1. The molecule has 0 saturated heterocycles. The molecular weight excluding hydrogens is 260 g/mol. The second kappa shape index (κ2) is 26.8. The quantitative estimate of drug-likeness (QED) is 0.501. The highest BCUT2D eigenvalue weighted by Crippen LogP contribution is 1.92. The van der Waals surface area contributed by atoms with Crippen LogP contribution in [0.25, 0.3) is 0 Å². The number of unbranched alkanes of at least 4 members (excludes halogenated alkanes) is 1. The van der Waals surface area contributed by atoms with Gasteiger partial charge in [0.1, 0.15) is 0 Å². The summed E-state index contributed by atoms with van der Waals surface area (Å²) in [5.41, 5.74) is 1.32. The third-order valence-electron chi connectivity index (χ3n) is 2.11. The Kier molecular flexibility index (Phi) is 40.3. The summed E-state index contributed by atoms with van der Waals surface area (Å²) in [6.07, 6.45) is 2.64. The summed E-state index contributed by atoms with van der Waals surface area (Å²) in [6.45, 7) is 6.44. The van der Waals surface area contributed by atoms with Crippen LogP contribution in [0.1, 0.15) is 32.3 Å². The van der Waals surface area contributed by atoms with Gasteiger partial charge >= 0.3 is 0 Å². The lowest BCUT2D eigenvalue weighted by Gasteiger charge is -1.82. The first kappa shape index (κ1) is 31.6. The van der Waals surface area contributed by atoms with Crippen molar-refractivity contribution in [3.63, 3.8) is 0 Å². The average Bonchev–Trinajstić information content (AvgIpc) is 2.43. The molecule has 0 aromatic heterocycles. The molecule has 0 aliphatic heterocycles. The van der Waals surface area contributed by atoms with E-state index in [0.29, 0.717) is 0 Å². The van der Waals surface area contributed by atoms with Crippen molar-refractivity contribution in [2.75, 3.05) is 0 Å². The molecule has 12 N–H and O–H groups in total. The second-order valence-electron chi connectivity index (χ2n) is 3.81. The number of rotatable bonds is 1. The van der Waals surface area contributed by atoms with Crippen molar-refractivity contribution < 1.29 is 0 Å². The lowest BCUT2D eigenvalue weighted by molar-refractivity contribution is 0.886. The van der Waals surface area contributed by atoms with Crippen LogP contribution in [0.5, 0.6) is 0 Å². The molecule has 4 nitrogen and oxygen atoms in total. The summed E-state index contributed by atoms with van der Waals surface area (Å²) in [4.78, 5) is 0. The fourth-order valence-corrected chi connectivity index (χ4v) is 0.919. The van der Waals surface area contributed by atoms with Gasteiger partial charge < -0.3 is 24.6 Å². The smallest absolute Gasteiger partial charge is 0.0398 e. The zero-order valence-electron chi connectivity index (χ0n) is 14.1. The highest BCUT2D eigenvalue weighted by Gasteiger charge is 1.72. The van der Waals surface area contributed by atoms with E-state index in [1.807, 2.05) is 54.6 Å². The van der Waals surface area contributed by atoms with Crippen LogP contribution in [0.4, 0.5) is 0 Å². The maximum absolute atomic E-state index is 2.18. The topological polar surface area (TPSA) is 140 Å². The number of benzene rings is 2. The Bertz CT molecular complexity index is 310. The van der Waals surface area contributed by atoms with Crippen molar-refractivity contribution in [1.82, 2.24) is 24.6 Å². The Labute approximate surface area is 131 Å². The normalized spacial score (nSPS) is 6.62. The van der Waals surface area contributed by atoms with Gasteiger partial charge in [-0.2, -0.15) is 0 Å². The Morgan fingerprint density at radius 2 is 0.762 bits per heavy atom. The molecule has 0 atom stereocenters. The third kappa shape index (κ3) is 27.5. The highest BCUT2D eigenvalue weighted by molar-refractivity contribution is 5.11. The monoisotopic (exact) mass is 296 g/mol. The summed E-state index contributed by atoms with van der Waals surface area (Å²) in [5.74, 6) is 0. The van der Waals surface area contributed by atoms with Crippen LogP contribution in [0.3, 0.4) is 0 Å². The van der Waals surface area contributed by atoms with Crippen molar-refractivity contribution in [3.8, 4) is 0 Å². The van der Waals surface area contributed by atoms with Gasteiger partial charge in [-0.1, -0.05) is 99.0 Å². The van der Waals surface area contributed by atoms with Crippen LogP contribution in [-0.2, 0) is 0 Å². The zero-order valence-corrected chi connectivity index (χ0v) is 14.1. The number of hydrogen-bond donors (Lipinski definition) is 4. The average molecular weight is 297 g/mol. The van der Waals surface area contributed by atoms with E-state index in [1.54, 1.807) is 0 Å². The van der Waals surface area contributed by atoms with E-state index in [-0.39, 0.29) is 24.6 Å². The zero-order chi connectivity index (χ0) is 12.8. The molecule has 0 heterocycles. The van der Waals surface area contributed by atoms with Crippen molar-refractivity contribution >= 4 is 0 Å². The molecule has 2 aromatic carbocycles. The van der Waals surface area contributed by atoms with Gasteiger partial charge in [0.15, 0.2) is 0 Å². The Balaban J connectivity index is -0.0000000574. The van der Waals surface area contributed by atoms with Gasteiger partial charge in [-0.25, -0.2) is 0 Å². The summed E-state index contributed by atoms with van der Waals surface area (Å²) in [7, 11) is 0. The lowest BCUT2D eigenvalue weighted by atomic mass is 10.2. The standard InChI is InChI=1S/C7H8.C6H6.C4H10.4H3N/c1-7-5-3-2-4-6-7;1-2-4-6-5-3-1;1-3-4-2;;;;/h2-6H,1H3;1-6H;3-4H2,1-2H3;4*1H3. The van der Waals surface area contributed by atoms with E-state index in [0.717, 1.165) is 0 Å².